The van der Waals surface area contributed by atoms with Crippen molar-refractivity contribution in [3.63, 3.8) is 0 Å². The zero-order valence-electron chi connectivity index (χ0n) is 7.84. The van der Waals surface area contributed by atoms with Crippen LogP contribution in [0.15, 0.2) is 10.9 Å². The third-order valence-corrected chi connectivity index (χ3v) is 2.55. The third-order valence-electron chi connectivity index (χ3n) is 2.55. The number of piperidine rings is 1. The van der Waals surface area contributed by atoms with E-state index in [4.69, 9.17) is 0 Å². The zero-order chi connectivity index (χ0) is 9.26. The third kappa shape index (κ3) is 1.67. The molecule has 1 aromatic heterocycles. The molecular weight excluding hydrogens is 166 g/mol. The molecule has 0 spiro atoms. The van der Waals surface area contributed by atoms with Gasteiger partial charge in [-0.1, -0.05) is 0 Å². The van der Waals surface area contributed by atoms with Crippen molar-refractivity contribution in [3.05, 3.63) is 22.1 Å². The number of aromatic nitrogens is 2. The molecule has 72 valence electrons. The van der Waals surface area contributed by atoms with Gasteiger partial charge in [-0.25, -0.2) is 4.68 Å². The van der Waals surface area contributed by atoms with Gasteiger partial charge in [-0.05, 0) is 32.9 Å². The lowest BCUT2D eigenvalue weighted by molar-refractivity contribution is 0.336. The smallest absolute Gasteiger partial charge is 0.266 e. The predicted molar refractivity (Wildman–Crippen MR) is 50.9 cm³/mol. The van der Waals surface area contributed by atoms with E-state index in [2.05, 4.69) is 10.4 Å². The minimum atomic E-state index is 0.101. The molecular formula is C9H15N3O. The van der Waals surface area contributed by atoms with E-state index < -0.39 is 0 Å². The van der Waals surface area contributed by atoms with Crippen LogP contribution in [-0.4, -0.2) is 22.9 Å². The van der Waals surface area contributed by atoms with E-state index >= 15 is 0 Å². The number of aryl methyl sites for hydroxylation is 1. The molecule has 2 heterocycles. The van der Waals surface area contributed by atoms with Crippen molar-refractivity contribution in [2.45, 2.75) is 25.8 Å². The van der Waals surface area contributed by atoms with Gasteiger partial charge < -0.3 is 5.32 Å². The number of nitrogens with zero attached hydrogens (tertiary/aromatic N) is 1. The standard InChI is InChI=1S/C9H15N3O/c1-7-6-9(13)12(11-7)8-2-4-10-5-3-8/h6,8,10-11H,2-5H2,1H3. The van der Waals surface area contributed by atoms with E-state index in [9.17, 15) is 4.79 Å². The Morgan fingerprint density at radius 3 is 2.69 bits per heavy atom. The Kier molecular flexibility index (Phi) is 2.22. The predicted octanol–water partition coefficient (Wildman–Crippen LogP) is 0.409. The first kappa shape index (κ1) is 8.56. The number of hydrogen-bond acceptors (Lipinski definition) is 2. The Balaban J connectivity index is 2.23. The first-order chi connectivity index (χ1) is 6.27. The molecule has 2 N–H and O–H groups in total. The molecule has 0 bridgehead atoms. The monoisotopic (exact) mass is 181 g/mol. The van der Waals surface area contributed by atoms with Crippen LogP contribution < -0.4 is 10.9 Å². The summed E-state index contributed by atoms with van der Waals surface area (Å²) < 4.78 is 1.76. The van der Waals surface area contributed by atoms with Gasteiger partial charge in [-0.2, -0.15) is 0 Å². The highest BCUT2D eigenvalue weighted by molar-refractivity contribution is 4.97. The Morgan fingerprint density at radius 2 is 2.15 bits per heavy atom. The molecule has 1 aromatic rings. The topological polar surface area (TPSA) is 49.8 Å². The average Bonchev–Trinajstić information content (AvgIpc) is 2.47. The molecule has 4 nitrogen and oxygen atoms in total. The highest BCUT2D eigenvalue weighted by atomic mass is 16.1. The molecule has 4 heteroatoms. The fraction of sp³-hybridized carbons (Fsp3) is 0.667. The first-order valence-electron chi connectivity index (χ1n) is 4.76. The number of aromatic amines is 1. The zero-order valence-corrected chi connectivity index (χ0v) is 7.84. The number of rotatable bonds is 1. The summed E-state index contributed by atoms with van der Waals surface area (Å²) in [6, 6.07) is 2.02. The molecule has 13 heavy (non-hydrogen) atoms. The van der Waals surface area contributed by atoms with Crippen molar-refractivity contribution < 1.29 is 0 Å². The second-order valence-corrected chi connectivity index (χ2v) is 3.63. The van der Waals surface area contributed by atoms with Crippen molar-refractivity contribution >= 4 is 0 Å². The van der Waals surface area contributed by atoms with Gasteiger partial charge in [0.1, 0.15) is 0 Å². The minimum absolute atomic E-state index is 0.101. The number of H-pyrrole nitrogens is 1. The maximum absolute atomic E-state index is 11.5. The van der Waals surface area contributed by atoms with Crippen LogP contribution in [0.5, 0.6) is 0 Å². The first-order valence-corrected chi connectivity index (χ1v) is 4.76. The Morgan fingerprint density at radius 1 is 1.46 bits per heavy atom. The molecule has 0 radical (unpaired) electrons. The quantitative estimate of drug-likeness (QED) is 0.659. The molecule has 1 aliphatic heterocycles. The highest BCUT2D eigenvalue weighted by Crippen LogP contribution is 2.15. The van der Waals surface area contributed by atoms with Gasteiger partial charge >= 0.3 is 0 Å². The van der Waals surface area contributed by atoms with E-state index in [1.54, 1.807) is 10.7 Å². The molecule has 2 rings (SSSR count). The average molecular weight is 181 g/mol. The molecule has 1 fully saturated rings. The van der Waals surface area contributed by atoms with Gasteiger partial charge in [0, 0.05) is 11.8 Å². The summed E-state index contributed by atoms with van der Waals surface area (Å²) in [6.07, 6.45) is 2.08. The molecule has 0 amide bonds. The molecule has 0 unspecified atom stereocenters. The van der Waals surface area contributed by atoms with Crippen LogP contribution in [-0.2, 0) is 0 Å². The van der Waals surface area contributed by atoms with E-state index in [1.807, 2.05) is 6.92 Å². The van der Waals surface area contributed by atoms with Crippen LogP contribution in [0.2, 0.25) is 0 Å². The summed E-state index contributed by atoms with van der Waals surface area (Å²) in [4.78, 5) is 11.5. The molecule has 0 saturated carbocycles. The normalized spacial score (nSPS) is 19.2. The van der Waals surface area contributed by atoms with Crippen LogP contribution in [0.3, 0.4) is 0 Å². The summed E-state index contributed by atoms with van der Waals surface area (Å²) in [5, 5.41) is 6.37. The van der Waals surface area contributed by atoms with Gasteiger partial charge in [0.15, 0.2) is 0 Å². The van der Waals surface area contributed by atoms with Gasteiger partial charge in [0.05, 0.1) is 6.04 Å². The fourth-order valence-electron chi connectivity index (χ4n) is 1.87. The van der Waals surface area contributed by atoms with Crippen LogP contribution in [0.4, 0.5) is 0 Å². The Bertz CT molecular complexity index is 333. The number of nitrogens with one attached hydrogen (secondary N) is 2. The largest absolute Gasteiger partial charge is 0.317 e. The maximum atomic E-state index is 11.5. The summed E-state index contributed by atoms with van der Waals surface area (Å²) in [7, 11) is 0. The molecule has 0 atom stereocenters. The minimum Gasteiger partial charge on any atom is -0.317 e. The van der Waals surface area contributed by atoms with Crippen molar-refractivity contribution in [2.24, 2.45) is 0 Å². The summed E-state index contributed by atoms with van der Waals surface area (Å²) in [5.41, 5.74) is 1.05. The van der Waals surface area contributed by atoms with Crippen molar-refractivity contribution in [3.8, 4) is 0 Å². The molecule has 1 aliphatic rings. The van der Waals surface area contributed by atoms with Crippen molar-refractivity contribution in [1.29, 1.82) is 0 Å². The van der Waals surface area contributed by atoms with Crippen molar-refractivity contribution in [1.82, 2.24) is 15.1 Å². The van der Waals surface area contributed by atoms with Crippen LogP contribution in [0.1, 0.15) is 24.6 Å². The Labute approximate surface area is 76.9 Å². The Hall–Kier alpha value is -1.03. The number of hydrogen-bond donors (Lipinski definition) is 2. The van der Waals surface area contributed by atoms with E-state index in [1.165, 1.54) is 0 Å². The van der Waals surface area contributed by atoms with Gasteiger partial charge in [0.2, 0.25) is 0 Å². The highest BCUT2D eigenvalue weighted by Gasteiger charge is 2.16. The molecule has 0 aromatic carbocycles. The fourth-order valence-corrected chi connectivity index (χ4v) is 1.87. The van der Waals surface area contributed by atoms with E-state index in [0.717, 1.165) is 31.6 Å². The van der Waals surface area contributed by atoms with Crippen LogP contribution in [0, 0.1) is 6.92 Å². The van der Waals surface area contributed by atoms with E-state index in [-0.39, 0.29) is 5.56 Å². The van der Waals surface area contributed by atoms with Gasteiger partial charge in [-0.3, -0.25) is 9.89 Å². The lowest BCUT2D eigenvalue weighted by Crippen LogP contribution is -2.33. The second kappa shape index (κ2) is 3.38. The summed E-state index contributed by atoms with van der Waals surface area (Å²) >= 11 is 0. The van der Waals surface area contributed by atoms with Crippen molar-refractivity contribution in [2.75, 3.05) is 13.1 Å². The molecule has 0 aliphatic carbocycles. The summed E-state index contributed by atoms with van der Waals surface area (Å²) in [5.74, 6) is 0. The lowest BCUT2D eigenvalue weighted by atomic mass is 10.1. The lowest BCUT2D eigenvalue weighted by Gasteiger charge is -2.22. The van der Waals surface area contributed by atoms with E-state index in [0.29, 0.717) is 6.04 Å². The van der Waals surface area contributed by atoms with Crippen LogP contribution >= 0.6 is 0 Å². The molecule has 1 saturated heterocycles. The summed E-state index contributed by atoms with van der Waals surface area (Å²) in [6.45, 7) is 3.93. The second-order valence-electron chi connectivity index (χ2n) is 3.63. The van der Waals surface area contributed by atoms with Gasteiger partial charge in [-0.15, -0.1) is 0 Å². The van der Waals surface area contributed by atoms with Crippen LogP contribution in [0.25, 0.3) is 0 Å². The maximum Gasteiger partial charge on any atom is 0.266 e. The van der Waals surface area contributed by atoms with Gasteiger partial charge in [0.25, 0.3) is 5.56 Å². The SMILES string of the molecule is Cc1cc(=O)n(C2CCNCC2)[nH]1.